The van der Waals surface area contributed by atoms with Gasteiger partial charge in [0.25, 0.3) is 0 Å². The SMILES string of the molecule is CCC(CC)(NC(=O)N(C)C)C(N)=S. The number of hydrogen-bond donors (Lipinski definition) is 2. The van der Waals surface area contributed by atoms with Gasteiger partial charge in [-0.05, 0) is 12.8 Å². The highest BCUT2D eigenvalue weighted by molar-refractivity contribution is 7.80. The van der Waals surface area contributed by atoms with Crippen LogP contribution in [0.4, 0.5) is 4.79 Å². The lowest BCUT2D eigenvalue weighted by molar-refractivity contribution is 0.207. The zero-order valence-electron chi connectivity index (χ0n) is 9.26. The molecule has 0 saturated heterocycles. The number of rotatable bonds is 4. The van der Waals surface area contributed by atoms with Gasteiger partial charge >= 0.3 is 6.03 Å². The van der Waals surface area contributed by atoms with Crippen LogP contribution < -0.4 is 11.1 Å². The first-order chi connectivity index (χ1) is 6.39. The molecule has 0 saturated carbocycles. The minimum atomic E-state index is -0.545. The number of thiocarbonyl (C=S) groups is 1. The summed E-state index contributed by atoms with van der Waals surface area (Å²) in [6, 6.07) is -0.165. The van der Waals surface area contributed by atoms with Gasteiger partial charge in [-0.1, -0.05) is 26.1 Å². The minimum absolute atomic E-state index is 0.165. The van der Waals surface area contributed by atoms with E-state index in [1.165, 1.54) is 4.90 Å². The smallest absolute Gasteiger partial charge is 0.317 e. The lowest BCUT2D eigenvalue weighted by atomic mass is 9.93. The van der Waals surface area contributed by atoms with Gasteiger partial charge < -0.3 is 16.0 Å². The fraction of sp³-hybridized carbons (Fsp3) is 0.778. The van der Waals surface area contributed by atoms with Gasteiger partial charge in [-0.25, -0.2) is 4.79 Å². The number of nitrogens with two attached hydrogens (primary N) is 1. The van der Waals surface area contributed by atoms with Gasteiger partial charge in [-0.2, -0.15) is 0 Å². The second-order valence-electron chi connectivity index (χ2n) is 3.48. The Hall–Kier alpha value is -0.840. The van der Waals surface area contributed by atoms with E-state index in [0.717, 1.165) is 0 Å². The van der Waals surface area contributed by atoms with E-state index in [-0.39, 0.29) is 6.03 Å². The van der Waals surface area contributed by atoms with E-state index in [0.29, 0.717) is 17.8 Å². The molecule has 4 nitrogen and oxygen atoms in total. The maximum atomic E-state index is 11.5. The molecule has 82 valence electrons. The zero-order valence-corrected chi connectivity index (χ0v) is 10.1. The minimum Gasteiger partial charge on any atom is -0.391 e. The molecule has 0 aromatic heterocycles. The Bertz CT molecular complexity index is 224. The third kappa shape index (κ3) is 2.83. The molecule has 0 aliphatic rings. The molecular weight excluding hydrogens is 198 g/mol. The van der Waals surface area contributed by atoms with Gasteiger partial charge in [0.1, 0.15) is 0 Å². The van der Waals surface area contributed by atoms with Crippen molar-refractivity contribution in [3.63, 3.8) is 0 Å². The number of amides is 2. The Morgan fingerprint density at radius 1 is 1.43 bits per heavy atom. The van der Waals surface area contributed by atoms with Crippen molar-refractivity contribution >= 4 is 23.2 Å². The van der Waals surface area contributed by atoms with Gasteiger partial charge in [0.05, 0.1) is 10.5 Å². The topological polar surface area (TPSA) is 58.4 Å². The van der Waals surface area contributed by atoms with Crippen LogP contribution in [0.25, 0.3) is 0 Å². The monoisotopic (exact) mass is 217 g/mol. The first kappa shape index (κ1) is 13.2. The molecule has 5 heteroatoms. The summed E-state index contributed by atoms with van der Waals surface area (Å²) in [7, 11) is 3.37. The molecule has 3 N–H and O–H groups in total. The van der Waals surface area contributed by atoms with Crippen LogP contribution in [0, 0.1) is 0 Å². The Morgan fingerprint density at radius 3 is 2.07 bits per heavy atom. The molecule has 0 aliphatic heterocycles. The summed E-state index contributed by atoms with van der Waals surface area (Å²) < 4.78 is 0. The molecule has 14 heavy (non-hydrogen) atoms. The van der Waals surface area contributed by atoms with Crippen molar-refractivity contribution in [1.29, 1.82) is 0 Å². The highest BCUT2D eigenvalue weighted by Gasteiger charge is 2.31. The van der Waals surface area contributed by atoms with Gasteiger partial charge in [0.2, 0.25) is 0 Å². The number of carbonyl (C=O) groups is 1. The largest absolute Gasteiger partial charge is 0.391 e. The van der Waals surface area contributed by atoms with Crippen molar-refractivity contribution in [2.45, 2.75) is 32.2 Å². The summed E-state index contributed by atoms with van der Waals surface area (Å²) in [6.45, 7) is 3.91. The van der Waals surface area contributed by atoms with E-state index in [1.54, 1.807) is 14.1 Å². The molecule has 0 aliphatic carbocycles. The van der Waals surface area contributed by atoms with Crippen LogP contribution in [-0.2, 0) is 0 Å². The van der Waals surface area contributed by atoms with E-state index in [4.69, 9.17) is 18.0 Å². The molecule has 0 heterocycles. The summed E-state index contributed by atoms with van der Waals surface area (Å²) in [5, 5.41) is 2.85. The first-order valence-corrected chi connectivity index (χ1v) is 5.09. The van der Waals surface area contributed by atoms with Crippen molar-refractivity contribution in [1.82, 2.24) is 10.2 Å². The molecule has 0 fully saturated rings. The second-order valence-corrected chi connectivity index (χ2v) is 3.92. The van der Waals surface area contributed by atoms with E-state index < -0.39 is 5.54 Å². The molecule has 0 radical (unpaired) electrons. The fourth-order valence-electron chi connectivity index (χ4n) is 1.15. The summed E-state index contributed by atoms with van der Waals surface area (Å²) in [5.74, 6) is 0. The van der Waals surface area contributed by atoms with Crippen LogP contribution in [0.2, 0.25) is 0 Å². The Morgan fingerprint density at radius 2 is 1.86 bits per heavy atom. The van der Waals surface area contributed by atoms with E-state index in [2.05, 4.69) is 5.32 Å². The van der Waals surface area contributed by atoms with Gasteiger partial charge in [0.15, 0.2) is 0 Å². The van der Waals surface area contributed by atoms with Gasteiger partial charge in [-0.3, -0.25) is 0 Å². The Kier molecular flexibility index (Phi) is 4.83. The van der Waals surface area contributed by atoms with Crippen molar-refractivity contribution in [2.75, 3.05) is 14.1 Å². The molecule has 0 rings (SSSR count). The quantitative estimate of drug-likeness (QED) is 0.693. The summed E-state index contributed by atoms with van der Waals surface area (Å²) in [4.78, 5) is 13.3. The van der Waals surface area contributed by atoms with Crippen LogP contribution in [0.3, 0.4) is 0 Å². The number of nitrogens with one attached hydrogen (secondary N) is 1. The average molecular weight is 217 g/mol. The molecule has 0 aromatic rings. The van der Waals surface area contributed by atoms with E-state index >= 15 is 0 Å². The number of nitrogens with zero attached hydrogens (tertiary/aromatic N) is 1. The Labute approximate surface area is 90.8 Å². The van der Waals surface area contributed by atoms with Crippen molar-refractivity contribution in [3.8, 4) is 0 Å². The third-order valence-electron chi connectivity index (χ3n) is 2.43. The van der Waals surface area contributed by atoms with Crippen molar-refractivity contribution < 1.29 is 4.79 Å². The molecule has 0 spiro atoms. The molecule has 2 amide bonds. The van der Waals surface area contributed by atoms with Crippen LogP contribution in [0.1, 0.15) is 26.7 Å². The standard InChI is InChI=1S/C9H19N3OS/c1-5-9(6-2,7(10)14)11-8(13)12(3)4/h5-6H2,1-4H3,(H2,10,14)(H,11,13). The zero-order chi connectivity index (χ0) is 11.4. The first-order valence-electron chi connectivity index (χ1n) is 4.69. The highest BCUT2D eigenvalue weighted by atomic mass is 32.1. The predicted octanol–water partition coefficient (Wildman–Crippen LogP) is 1.10. The maximum absolute atomic E-state index is 11.5. The normalized spacial score (nSPS) is 10.9. The predicted molar refractivity (Wildman–Crippen MR) is 62.3 cm³/mol. The summed E-state index contributed by atoms with van der Waals surface area (Å²) in [5.41, 5.74) is 5.09. The van der Waals surface area contributed by atoms with Crippen LogP contribution in [0.5, 0.6) is 0 Å². The fourth-order valence-corrected chi connectivity index (χ4v) is 1.49. The molecule has 0 unspecified atom stereocenters. The average Bonchev–Trinajstić information content (AvgIpc) is 2.13. The highest BCUT2D eigenvalue weighted by Crippen LogP contribution is 2.15. The summed E-state index contributed by atoms with van der Waals surface area (Å²) in [6.07, 6.45) is 1.41. The number of carbonyl (C=O) groups excluding carboxylic acids is 1. The lowest BCUT2D eigenvalue weighted by Gasteiger charge is -2.32. The lowest BCUT2D eigenvalue weighted by Crippen LogP contribution is -2.58. The van der Waals surface area contributed by atoms with Crippen molar-refractivity contribution in [3.05, 3.63) is 0 Å². The summed E-state index contributed by atoms with van der Waals surface area (Å²) >= 11 is 4.98. The van der Waals surface area contributed by atoms with Gasteiger partial charge in [0, 0.05) is 14.1 Å². The third-order valence-corrected chi connectivity index (χ3v) is 2.82. The molecule has 0 bridgehead atoms. The maximum Gasteiger partial charge on any atom is 0.317 e. The van der Waals surface area contributed by atoms with Crippen molar-refractivity contribution in [2.24, 2.45) is 5.73 Å². The van der Waals surface area contributed by atoms with Gasteiger partial charge in [-0.15, -0.1) is 0 Å². The molecule has 0 atom stereocenters. The van der Waals surface area contributed by atoms with E-state index in [9.17, 15) is 4.79 Å². The molecule has 0 aromatic carbocycles. The van der Waals surface area contributed by atoms with E-state index in [1.807, 2.05) is 13.8 Å². The van der Waals surface area contributed by atoms with Crippen LogP contribution in [0.15, 0.2) is 0 Å². The van der Waals surface area contributed by atoms with Crippen LogP contribution in [-0.4, -0.2) is 35.6 Å². The molecular formula is C9H19N3OS. The Balaban J connectivity index is 4.68. The number of hydrogen-bond acceptors (Lipinski definition) is 2. The van der Waals surface area contributed by atoms with Crippen LogP contribution >= 0.6 is 12.2 Å². The number of urea groups is 1. The second kappa shape index (κ2) is 5.14.